The molecule has 0 unspecified atom stereocenters. The summed E-state index contributed by atoms with van der Waals surface area (Å²) in [5.74, 6) is 0. The van der Waals surface area contributed by atoms with Gasteiger partial charge in [-0.15, -0.1) is 11.3 Å². The summed E-state index contributed by atoms with van der Waals surface area (Å²) in [4.78, 5) is 5.76. The van der Waals surface area contributed by atoms with Crippen LogP contribution >= 0.6 is 11.3 Å². The Morgan fingerprint density at radius 1 is 1.33 bits per heavy atom. The first-order valence-corrected chi connectivity index (χ1v) is 10.2. The Morgan fingerprint density at radius 3 is 2.39 bits per heavy atom. The summed E-state index contributed by atoms with van der Waals surface area (Å²) in [6.45, 7) is 14.8. The molecular weight excluding hydrogens is 260 g/mol. The third-order valence-corrected chi connectivity index (χ3v) is 9.49. The van der Waals surface area contributed by atoms with Gasteiger partial charge in [0.25, 0.3) is 0 Å². The fraction of sp³-hybridized carbons (Fsp3) is 0.769. The van der Waals surface area contributed by atoms with E-state index in [4.69, 9.17) is 10.2 Å². The van der Waals surface area contributed by atoms with Gasteiger partial charge in [0, 0.05) is 24.4 Å². The molecule has 0 bridgehead atoms. The number of aryl methyl sites for hydroxylation is 1. The fourth-order valence-electron chi connectivity index (χ4n) is 1.42. The zero-order valence-electron chi connectivity index (χ0n) is 12.5. The zero-order chi connectivity index (χ0) is 14.0. The van der Waals surface area contributed by atoms with Gasteiger partial charge in [0.1, 0.15) is 5.01 Å². The Kier molecular flexibility index (Phi) is 5.11. The number of hydrogen-bond acceptors (Lipinski definition) is 4. The lowest BCUT2D eigenvalue weighted by Gasteiger charge is -2.36. The molecule has 0 aromatic carbocycles. The third kappa shape index (κ3) is 3.88. The zero-order valence-corrected chi connectivity index (χ0v) is 14.3. The van der Waals surface area contributed by atoms with Crippen LogP contribution in [0.2, 0.25) is 18.1 Å². The van der Waals surface area contributed by atoms with Crippen molar-refractivity contribution in [3.63, 3.8) is 0 Å². The minimum Gasteiger partial charge on any atom is -0.416 e. The summed E-state index contributed by atoms with van der Waals surface area (Å²) < 4.78 is 6.18. The molecule has 1 aromatic heterocycles. The van der Waals surface area contributed by atoms with E-state index in [0.717, 1.165) is 23.7 Å². The predicted molar refractivity (Wildman–Crippen MR) is 81.6 cm³/mol. The highest BCUT2D eigenvalue weighted by Crippen LogP contribution is 2.36. The quantitative estimate of drug-likeness (QED) is 0.843. The van der Waals surface area contributed by atoms with E-state index in [9.17, 15) is 0 Å². The van der Waals surface area contributed by atoms with Crippen LogP contribution in [0.25, 0.3) is 0 Å². The highest BCUT2D eigenvalue weighted by Gasteiger charge is 2.36. The first-order chi connectivity index (χ1) is 8.17. The maximum absolute atomic E-state index is 6.18. The minimum atomic E-state index is -1.62. The molecule has 1 heterocycles. The Morgan fingerprint density at radius 2 is 1.94 bits per heavy atom. The van der Waals surface area contributed by atoms with Gasteiger partial charge in [-0.05, 0) is 25.1 Å². The average Bonchev–Trinajstić information content (AvgIpc) is 2.58. The Labute approximate surface area is 116 Å². The molecule has 0 aliphatic carbocycles. The van der Waals surface area contributed by atoms with E-state index >= 15 is 0 Å². The molecule has 3 nitrogen and oxygen atoms in total. The second-order valence-corrected chi connectivity index (χ2v) is 12.2. The third-order valence-electron chi connectivity index (χ3n) is 3.71. The van der Waals surface area contributed by atoms with Crippen molar-refractivity contribution in [1.29, 1.82) is 0 Å². The Hall–Kier alpha value is -0.233. The van der Waals surface area contributed by atoms with Gasteiger partial charge in [0.2, 0.25) is 0 Å². The topological polar surface area (TPSA) is 48.1 Å². The van der Waals surface area contributed by atoms with E-state index in [0.29, 0.717) is 6.54 Å². The Bertz CT molecular complexity index is 396. The van der Waals surface area contributed by atoms with E-state index in [1.807, 2.05) is 0 Å². The highest BCUT2D eigenvalue weighted by molar-refractivity contribution is 7.11. The molecule has 0 aliphatic rings. The molecule has 0 spiro atoms. The summed E-state index contributed by atoms with van der Waals surface area (Å²) in [7, 11) is -1.62. The monoisotopic (exact) mass is 286 g/mol. The number of thiazole rings is 1. The maximum Gasteiger partial charge on any atom is 0.191 e. The molecule has 1 rings (SSSR count). The van der Waals surface area contributed by atoms with E-state index < -0.39 is 8.32 Å². The van der Waals surface area contributed by atoms with Crippen molar-refractivity contribution in [2.75, 3.05) is 6.61 Å². The van der Waals surface area contributed by atoms with Crippen molar-refractivity contribution in [3.05, 3.63) is 15.6 Å². The second kappa shape index (κ2) is 5.82. The van der Waals surface area contributed by atoms with Crippen LogP contribution in [-0.2, 0) is 17.4 Å². The van der Waals surface area contributed by atoms with Crippen LogP contribution < -0.4 is 5.73 Å². The van der Waals surface area contributed by atoms with E-state index in [2.05, 4.69) is 45.8 Å². The summed E-state index contributed by atoms with van der Waals surface area (Å²) in [5, 5.41) is 1.30. The van der Waals surface area contributed by atoms with Crippen molar-refractivity contribution in [2.45, 2.75) is 58.8 Å². The summed E-state index contributed by atoms with van der Waals surface area (Å²) in [5.41, 5.74) is 6.72. The Balaban J connectivity index is 2.54. The second-order valence-electron chi connectivity index (χ2n) is 6.18. The number of rotatable bonds is 5. The number of nitrogens with zero attached hydrogens (tertiary/aromatic N) is 1. The molecule has 0 aliphatic heterocycles. The molecule has 0 atom stereocenters. The average molecular weight is 287 g/mol. The van der Waals surface area contributed by atoms with Crippen molar-refractivity contribution in [1.82, 2.24) is 4.98 Å². The first-order valence-electron chi connectivity index (χ1n) is 6.46. The number of aromatic nitrogens is 1. The SMILES string of the molecule is Cc1nc(CN)sc1CCO[Si](C)(C)C(C)(C)C. The minimum absolute atomic E-state index is 0.276. The summed E-state index contributed by atoms with van der Waals surface area (Å²) in [6.07, 6.45) is 0.954. The maximum atomic E-state index is 6.18. The van der Waals surface area contributed by atoms with Gasteiger partial charge in [0.15, 0.2) is 8.32 Å². The molecule has 2 N–H and O–H groups in total. The number of hydrogen-bond donors (Lipinski definition) is 1. The van der Waals surface area contributed by atoms with Gasteiger partial charge in [0.05, 0.1) is 5.69 Å². The van der Waals surface area contributed by atoms with Gasteiger partial charge in [-0.1, -0.05) is 20.8 Å². The van der Waals surface area contributed by atoms with Crippen molar-refractivity contribution in [3.8, 4) is 0 Å². The fourth-order valence-corrected chi connectivity index (χ4v) is 3.40. The van der Waals surface area contributed by atoms with Crippen LogP contribution in [0, 0.1) is 6.92 Å². The molecule has 1 aromatic rings. The lowest BCUT2D eigenvalue weighted by molar-refractivity contribution is 0.292. The summed E-state index contributed by atoms with van der Waals surface area (Å²) >= 11 is 1.72. The van der Waals surface area contributed by atoms with Gasteiger partial charge in [-0.25, -0.2) is 4.98 Å². The van der Waals surface area contributed by atoms with Crippen molar-refractivity contribution >= 4 is 19.7 Å². The van der Waals surface area contributed by atoms with Crippen LogP contribution in [0.5, 0.6) is 0 Å². The van der Waals surface area contributed by atoms with Crippen LogP contribution in [0.3, 0.4) is 0 Å². The van der Waals surface area contributed by atoms with Gasteiger partial charge >= 0.3 is 0 Å². The number of nitrogens with two attached hydrogens (primary N) is 1. The first kappa shape index (κ1) is 15.8. The molecule has 0 saturated carbocycles. The molecule has 5 heteroatoms. The molecule has 0 radical (unpaired) electrons. The van der Waals surface area contributed by atoms with Crippen LogP contribution in [0.4, 0.5) is 0 Å². The lowest BCUT2D eigenvalue weighted by atomic mass is 10.2. The van der Waals surface area contributed by atoms with Gasteiger partial charge in [-0.3, -0.25) is 0 Å². The largest absolute Gasteiger partial charge is 0.416 e. The standard InChI is InChI=1S/C13H26N2OSSi/c1-10-11(17-12(9-14)15-10)7-8-16-18(5,6)13(2,3)4/h7-9,14H2,1-6H3. The van der Waals surface area contributed by atoms with Crippen LogP contribution in [0.15, 0.2) is 0 Å². The van der Waals surface area contributed by atoms with E-state index in [1.165, 1.54) is 4.88 Å². The highest BCUT2D eigenvalue weighted by atomic mass is 32.1. The smallest absolute Gasteiger partial charge is 0.191 e. The molecule has 18 heavy (non-hydrogen) atoms. The summed E-state index contributed by atoms with van der Waals surface area (Å²) in [6, 6.07) is 0. The van der Waals surface area contributed by atoms with Crippen LogP contribution in [-0.4, -0.2) is 19.9 Å². The van der Waals surface area contributed by atoms with Crippen LogP contribution in [0.1, 0.15) is 36.3 Å². The lowest BCUT2D eigenvalue weighted by Crippen LogP contribution is -2.41. The molecule has 0 amide bonds. The van der Waals surface area contributed by atoms with Gasteiger partial charge < -0.3 is 10.2 Å². The van der Waals surface area contributed by atoms with E-state index in [1.54, 1.807) is 11.3 Å². The molecular formula is C13H26N2OSSi. The van der Waals surface area contributed by atoms with Crippen molar-refractivity contribution in [2.24, 2.45) is 5.73 Å². The van der Waals surface area contributed by atoms with E-state index in [-0.39, 0.29) is 5.04 Å². The van der Waals surface area contributed by atoms with Crippen molar-refractivity contribution < 1.29 is 4.43 Å². The predicted octanol–water partition coefficient (Wildman–Crippen LogP) is 3.47. The molecule has 104 valence electrons. The molecule has 0 saturated heterocycles. The van der Waals surface area contributed by atoms with Gasteiger partial charge in [-0.2, -0.15) is 0 Å². The molecule has 0 fully saturated rings. The normalized spacial score (nSPS) is 13.1.